The van der Waals surface area contributed by atoms with Gasteiger partial charge in [0.05, 0.1) is 0 Å². The molecule has 6 heteroatoms. The number of amides is 4. The molecule has 2 aliphatic carbocycles. The van der Waals surface area contributed by atoms with Crippen molar-refractivity contribution in [3.8, 4) is 0 Å². The second-order valence-corrected chi connectivity index (χ2v) is 7.83. The van der Waals surface area contributed by atoms with Gasteiger partial charge in [0.2, 0.25) is 5.91 Å². The second-order valence-electron chi connectivity index (χ2n) is 7.83. The fourth-order valence-electron chi connectivity index (χ4n) is 4.56. The van der Waals surface area contributed by atoms with Crippen molar-refractivity contribution in [2.45, 2.75) is 77.2 Å². The molecule has 144 valence electrons. The van der Waals surface area contributed by atoms with Crippen LogP contribution in [0.4, 0.5) is 4.79 Å². The molecule has 0 aromatic carbocycles. The third-order valence-corrected chi connectivity index (χ3v) is 6.31. The zero-order chi connectivity index (χ0) is 18.7. The number of carbonyl (C=O) groups is 3. The van der Waals surface area contributed by atoms with E-state index in [1.807, 2.05) is 6.92 Å². The average Bonchev–Trinajstić information content (AvgIpc) is 2.88. The Morgan fingerprint density at radius 2 is 2.00 bits per heavy atom. The lowest BCUT2D eigenvalue weighted by Crippen LogP contribution is -2.50. The third-order valence-electron chi connectivity index (χ3n) is 6.31. The Kier molecular flexibility index (Phi) is 5.68. The quantitative estimate of drug-likeness (QED) is 0.765. The minimum absolute atomic E-state index is 0.158. The summed E-state index contributed by atoms with van der Waals surface area (Å²) in [5.41, 5.74) is 0.262. The number of likely N-dealkylation sites (N-methyl/N-ethyl adjacent to an activating group) is 1. The summed E-state index contributed by atoms with van der Waals surface area (Å²) in [6.45, 7) is 4.52. The molecule has 3 aliphatic rings. The summed E-state index contributed by atoms with van der Waals surface area (Å²) in [4.78, 5) is 41.1. The number of hydrogen-bond donors (Lipinski definition) is 1. The molecular formula is C20H31N3O3. The Balaban J connectivity index is 1.67. The number of urea groups is 1. The van der Waals surface area contributed by atoms with Crippen LogP contribution in [-0.4, -0.2) is 46.3 Å². The van der Waals surface area contributed by atoms with E-state index in [0.29, 0.717) is 25.3 Å². The molecule has 1 aliphatic heterocycles. The number of nitrogens with zero attached hydrogens (tertiary/aromatic N) is 2. The number of imide groups is 1. The first-order chi connectivity index (χ1) is 12.5. The normalized spacial score (nSPS) is 28.9. The predicted molar refractivity (Wildman–Crippen MR) is 99.2 cm³/mol. The molecular weight excluding hydrogens is 330 g/mol. The molecule has 2 fully saturated rings. The smallest absolute Gasteiger partial charge is 0.323 e. The van der Waals surface area contributed by atoms with Gasteiger partial charge in [0.1, 0.15) is 12.1 Å². The molecule has 4 amide bonds. The van der Waals surface area contributed by atoms with Crippen molar-refractivity contribution in [3.63, 3.8) is 0 Å². The average molecular weight is 361 g/mol. The van der Waals surface area contributed by atoms with Gasteiger partial charge in [-0.3, -0.25) is 14.5 Å². The van der Waals surface area contributed by atoms with Crippen LogP contribution in [0.3, 0.4) is 0 Å². The summed E-state index contributed by atoms with van der Waals surface area (Å²) in [6.07, 6.45) is 10.6. The van der Waals surface area contributed by atoms with Gasteiger partial charge in [-0.15, -0.1) is 0 Å². The van der Waals surface area contributed by atoms with Crippen molar-refractivity contribution in [2.75, 3.05) is 13.1 Å². The summed E-state index contributed by atoms with van der Waals surface area (Å²) in [5, 5.41) is 2.91. The Hall–Kier alpha value is -1.85. The number of rotatable bonds is 5. The summed E-state index contributed by atoms with van der Waals surface area (Å²) in [6, 6.07) is -0.410. The lowest BCUT2D eigenvalue weighted by Gasteiger charge is -2.34. The summed E-state index contributed by atoms with van der Waals surface area (Å²) >= 11 is 0. The van der Waals surface area contributed by atoms with Crippen molar-refractivity contribution < 1.29 is 14.4 Å². The van der Waals surface area contributed by atoms with E-state index in [1.54, 1.807) is 4.90 Å². The number of hydrogen-bond acceptors (Lipinski definition) is 3. The molecule has 0 aromatic heterocycles. The monoisotopic (exact) mass is 361 g/mol. The van der Waals surface area contributed by atoms with Gasteiger partial charge < -0.3 is 10.2 Å². The highest BCUT2D eigenvalue weighted by Crippen LogP contribution is 2.37. The number of carbonyl (C=O) groups excluding carboxylic acids is 3. The van der Waals surface area contributed by atoms with E-state index >= 15 is 0 Å². The van der Waals surface area contributed by atoms with Crippen LogP contribution in [0.5, 0.6) is 0 Å². The first kappa shape index (κ1) is 18.9. The highest BCUT2D eigenvalue weighted by Gasteiger charge is 2.52. The summed E-state index contributed by atoms with van der Waals surface area (Å²) in [5.74, 6) is 0.261. The van der Waals surface area contributed by atoms with Crippen LogP contribution in [0, 0.1) is 5.92 Å². The van der Waals surface area contributed by atoms with Crippen LogP contribution >= 0.6 is 0 Å². The molecule has 0 unspecified atom stereocenters. The van der Waals surface area contributed by atoms with E-state index in [0.717, 1.165) is 55.5 Å². The molecule has 26 heavy (non-hydrogen) atoms. The molecule has 1 saturated carbocycles. The molecule has 1 N–H and O–H groups in total. The molecule has 0 aromatic rings. The topological polar surface area (TPSA) is 69.7 Å². The van der Waals surface area contributed by atoms with Gasteiger partial charge in [0.25, 0.3) is 5.91 Å². The second kappa shape index (κ2) is 7.80. The van der Waals surface area contributed by atoms with Gasteiger partial charge in [0, 0.05) is 12.2 Å². The van der Waals surface area contributed by atoms with E-state index in [-0.39, 0.29) is 18.4 Å². The van der Waals surface area contributed by atoms with Gasteiger partial charge in [0.15, 0.2) is 0 Å². The highest BCUT2D eigenvalue weighted by molar-refractivity contribution is 6.09. The van der Waals surface area contributed by atoms with E-state index in [9.17, 15) is 14.4 Å². The highest BCUT2D eigenvalue weighted by atomic mass is 16.2. The standard InChI is InChI=1S/C20H31N3O3/c1-3-15-10-12-20(13-11-15)18(25)23(19(26)21-20)14-17(24)22(4-2)16-8-6-5-7-9-16/h8,15H,3-7,9-14H2,1-2H3,(H,21,26). The first-order valence-corrected chi connectivity index (χ1v) is 10.1. The van der Waals surface area contributed by atoms with Crippen molar-refractivity contribution in [3.05, 3.63) is 11.8 Å². The Morgan fingerprint density at radius 1 is 1.27 bits per heavy atom. The van der Waals surface area contributed by atoms with Crippen LogP contribution in [-0.2, 0) is 9.59 Å². The molecule has 1 heterocycles. The van der Waals surface area contributed by atoms with Gasteiger partial charge in [-0.2, -0.15) is 0 Å². The maximum atomic E-state index is 13.0. The minimum atomic E-state index is -0.774. The third kappa shape index (κ3) is 3.51. The fourth-order valence-corrected chi connectivity index (χ4v) is 4.56. The number of nitrogens with one attached hydrogen (secondary N) is 1. The first-order valence-electron chi connectivity index (χ1n) is 10.1. The molecule has 6 nitrogen and oxygen atoms in total. The summed E-state index contributed by atoms with van der Waals surface area (Å²) < 4.78 is 0. The van der Waals surface area contributed by atoms with Gasteiger partial charge in [-0.1, -0.05) is 19.4 Å². The van der Waals surface area contributed by atoms with Crippen LogP contribution in [0.25, 0.3) is 0 Å². The van der Waals surface area contributed by atoms with Gasteiger partial charge in [-0.05, 0) is 64.2 Å². The molecule has 0 bridgehead atoms. The molecule has 3 rings (SSSR count). The van der Waals surface area contributed by atoms with Crippen LogP contribution in [0.15, 0.2) is 11.8 Å². The minimum Gasteiger partial charge on any atom is -0.323 e. The Morgan fingerprint density at radius 3 is 2.58 bits per heavy atom. The maximum Gasteiger partial charge on any atom is 0.325 e. The molecule has 0 atom stereocenters. The van der Waals surface area contributed by atoms with E-state index in [1.165, 1.54) is 0 Å². The van der Waals surface area contributed by atoms with Gasteiger partial charge in [-0.25, -0.2) is 4.79 Å². The molecule has 1 spiro atoms. The molecule has 0 radical (unpaired) electrons. The maximum absolute atomic E-state index is 13.0. The van der Waals surface area contributed by atoms with E-state index < -0.39 is 11.6 Å². The Bertz CT molecular complexity index is 605. The molecule has 1 saturated heterocycles. The van der Waals surface area contributed by atoms with Crippen molar-refractivity contribution in [1.29, 1.82) is 0 Å². The summed E-state index contributed by atoms with van der Waals surface area (Å²) in [7, 11) is 0. The lowest BCUT2D eigenvalue weighted by molar-refractivity contribution is -0.138. The van der Waals surface area contributed by atoms with Crippen molar-refractivity contribution in [2.24, 2.45) is 5.92 Å². The fraction of sp³-hybridized carbons (Fsp3) is 0.750. The van der Waals surface area contributed by atoms with Crippen molar-refractivity contribution in [1.82, 2.24) is 15.1 Å². The zero-order valence-electron chi connectivity index (χ0n) is 16.1. The van der Waals surface area contributed by atoms with Gasteiger partial charge >= 0.3 is 6.03 Å². The zero-order valence-corrected chi connectivity index (χ0v) is 16.1. The van der Waals surface area contributed by atoms with Crippen LogP contribution < -0.4 is 5.32 Å². The predicted octanol–water partition coefficient (Wildman–Crippen LogP) is 3.18. The Labute approximate surface area is 156 Å². The lowest BCUT2D eigenvalue weighted by atomic mass is 9.75. The van der Waals surface area contributed by atoms with Crippen molar-refractivity contribution >= 4 is 17.8 Å². The van der Waals surface area contributed by atoms with E-state index in [4.69, 9.17) is 0 Å². The van der Waals surface area contributed by atoms with Crippen LogP contribution in [0.2, 0.25) is 0 Å². The van der Waals surface area contributed by atoms with Crippen LogP contribution in [0.1, 0.15) is 71.6 Å². The SMILES string of the molecule is CCC1CCC2(CC1)NC(=O)N(CC(=O)N(CC)C1=CCCCC1)C2=O. The number of allylic oxidation sites excluding steroid dienone is 2. The largest absolute Gasteiger partial charge is 0.325 e. The van der Waals surface area contributed by atoms with E-state index in [2.05, 4.69) is 18.3 Å².